The number of likely N-dealkylation sites (tertiary alicyclic amines) is 1. The van der Waals surface area contributed by atoms with Crippen molar-refractivity contribution in [1.29, 1.82) is 0 Å². The first-order chi connectivity index (χ1) is 21.2. The van der Waals surface area contributed by atoms with Gasteiger partial charge >= 0.3 is 0 Å². The highest BCUT2D eigenvalue weighted by atomic mass is 79.9. The van der Waals surface area contributed by atoms with Gasteiger partial charge in [0, 0.05) is 55.4 Å². The van der Waals surface area contributed by atoms with Gasteiger partial charge in [-0.2, -0.15) is 0 Å². The second-order valence-electron chi connectivity index (χ2n) is 12.1. The maximum absolute atomic E-state index is 14.5. The van der Waals surface area contributed by atoms with Crippen molar-refractivity contribution in [2.75, 3.05) is 33.2 Å². The number of amides is 5. The maximum Gasteiger partial charge on any atom is 0.261 e. The van der Waals surface area contributed by atoms with E-state index < -0.39 is 29.7 Å². The van der Waals surface area contributed by atoms with Crippen molar-refractivity contribution in [3.05, 3.63) is 63.1 Å². The molecular formula is C33H37BrN4O6. The second kappa shape index (κ2) is 12.3. The van der Waals surface area contributed by atoms with Crippen molar-refractivity contribution in [2.24, 2.45) is 11.8 Å². The Hall–Kier alpha value is -3.73. The molecule has 10 nitrogen and oxygen atoms in total. The monoisotopic (exact) mass is 664 g/mol. The zero-order valence-corrected chi connectivity index (χ0v) is 26.6. The first-order valence-corrected chi connectivity index (χ1v) is 16.2. The third-order valence-electron chi connectivity index (χ3n) is 9.64. The Bertz CT molecular complexity index is 1490. The van der Waals surface area contributed by atoms with E-state index in [0.29, 0.717) is 62.2 Å². The summed E-state index contributed by atoms with van der Waals surface area (Å²) in [4.78, 5) is 71.2. The lowest BCUT2D eigenvalue weighted by molar-refractivity contribution is -0.146. The molecular weight excluding hydrogens is 628 g/mol. The zero-order chi connectivity index (χ0) is 31.1. The van der Waals surface area contributed by atoms with Gasteiger partial charge in [-0.25, -0.2) is 0 Å². The average Bonchev–Trinajstić information content (AvgIpc) is 3.61. The number of fused-ring (bicyclic) bond motifs is 2. The Balaban J connectivity index is 1.40. The van der Waals surface area contributed by atoms with Crippen LogP contribution in [-0.4, -0.2) is 83.6 Å². The minimum Gasteiger partial charge on any atom is -0.488 e. The largest absolute Gasteiger partial charge is 0.488 e. The Labute approximate surface area is 265 Å². The van der Waals surface area contributed by atoms with Crippen molar-refractivity contribution in [3.63, 3.8) is 0 Å². The molecule has 11 heteroatoms. The molecule has 0 aromatic heterocycles. The normalized spacial score (nSPS) is 24.7. The number of carbonyl (C=O) groups is 5. The minimum atomic E-state index is -0.682. The van der Waals surface area contributed by atoms with Gasteiger partial charge in [-0.1, -0.05) is 40.9 Å². The Kier molecular flexibility index (Phi) is 8.50. The molecule has 44 heavy (non-hydrogen) atoms. The molecule has 0 spiro atoms. The summed E-state index contributed by atoms with van der Waals surface area (Å²) in [5, 5.41) is 2.74. The number of rotatable bonds is 6. The van der Waals surface area contributed by atoms with Crippen LogP contribution in [0.4, 0.5) is 0 Å². The molecule has 2 aromatic carbocycles. The van der Waals surface area contributed by atoms with Gasteiger partial charge in [-0.3, -0.25) is 28.9 Å². The summed E-state index contributed by atoms with van der Waals surface area (Å²) in [5.41, 5.74) is 2.41. The highest BCUT2D eigenvalue weighted by Gasteiger charge is 2.45. The van der Waals surface area contributed by atoms with Gasteiger partial charge in [-0.05, 0) is 49.1 Å². The van der Waals surface area contributed by atoms with E-state index in [9.17, 15) is 24.0 Å². The lowest BCUT2D eigenvalue weighted by atomic mass is 9.77. The summed E-state index contributed by atoms with van der Waals surface area (Å²) in [6.45, 7) is 2.94. The molecule has 3 heterocycles. The van der Waals surface area contributed by atoms with Crippen LogP contribution in [0.25, 0.3) is 0 Å². The molecule has 6 rings (SSSR count). The van der Waals surface area contributed by atoms with E-state index in [4.69, 9.17) is 4.74 Å². The fraction of sp³-hybridized carbons (Fsp3) is 0.485. The molecule has 2 aromatic rings. The van der Waals surface area contributed by atoms with Gasteiger partial charge in [0.25, 0.3) is 11.8 Å². The van der Waals surface area contributed by atoms with Crippen LogP contribution >= 0.6 is 15.9 Å². The van der Waals surface area contributed by atoms with Crippen molar-refractivity contribution >= 4 is 45.5 Å². The summed E-state index contributed by atoms with van der Waals surface area (Å²) in [7, 11) is 1.60. The zero-order valence-electron chi connectivity index (χ0n) is 25.0. The van der Waals surface area contributed by atoms with Crippen molar-refractivity contribution in [3.8, 4) is 5.75 Å². The third kappa shape index (κ3) is 5.39. The van der Waals surface area contributed by atoms with Crippen molar-refractivity contribution < 1.29 is 28.7 Å². The van der Waals surface area contributed by atoms with Crippen LogP contribution in [0.3, 0.4) is 0 Å². The fourth-order valence-electron chi connectivity index (χ4n) is 7.34. The van der Waals surface area contributed by atoms with E-state index in [2.05, 4.69) is 21.2 Å². The smallest absolute Gasteiger partial charge is 0.261 e. The van der Waals surface area contributed by atoms with E-state index in [0.717, 1.165) is 28.4 Å². The van der Waals surface area contributed by atoms with Crippen LogP contribution in [0.2, 0.25) is 0 Å². The Morgan fingerprint density at radius 2 is 1.64 bits per heavy atom. The molecule has 4 aliphatic rings. The number of hydrogen-bond donors (Lipinski definition) is 1. The number of imide groups is 1. The summed E-state index contributed by atoms with van der Waals surface area (Å²) >= 11 is 3.70. The van der Waals surface area contributed by atoms with Gasteiger partial charge in [0.2, 0.25) is 17.7 Å². The van der Waals surface area contributed by atoms with Crippen LogP contribution in [0.5, 0.6) is 5.75 Å². The quantitative estimate of drug-likeness (QED) is 0.471. The molecule has 1 aliphatic carbocycles. The van der Waals surface area contributed by atoms with Gasteiger partial charge in [0.05, 0.1) is 30.3 Å². The highest BCUT2D eigenvalue weighted by molar-refractivity contribution is 9.10. The predicted octanol–water partition coefficient (Wildman–Crippen LogP) is 3.72. The maximum atomic E-state index is 14.5. The summed E-state index contributed by atoms with van der Waals surface area (Å²) in [6.07, 6.45) is 3.96. The molecule has 1 unspecified atom stereocenters. The number of benzene rings is 2. The second-order valence-corrected chi connectivity index (χ2v) is 13.0. The highest BCUT2D eigenvalue weighted by Crippen LogP contribution is 2.44. The topological polar surface area (TPSA) is 116 Å². The molecule has 0 bridgehead atoms. The first-order valence-electron chi connectivity index (χ1n) is 15.4. The van der Waals surface area contributed by atoms with E-state index in [1.807, 2.05) is 12.1 Å². The summed E-state index contributed by atoms with van der Waals surface area (Å²) in [5.74, 6) is -1.42. The Morgan fingerprint density at radius 1 is 0.955 bits per heavy atom. The van der Waals surface area contributed by atoms with E-state index in [-0.39, 0.29) is 30.4 Å². The summed E-state index contributed by atoms with van der Waals surface area (Å²) in [6, 6.07) is 9.86. The molecule has 1 saturated carbocycles. The third-order valence-corrected chi connectivity index (χ3v) is 10.4. The number of halogens is 1. The average molecular weight is 666 g/mol. The van der Waals surface area contributed by atoms with Crippen LogP contribution in [0, 0.1) is 11.8 Å². The van der Waals surface area contributed by atoms with Gasteiger partial charge in [0.1, 0.15) is 11.9 Å². The minimum absolute atomic E-state index is 0.00707. The van der Waals surface area contributed by atoms with Crippen LogP contribution < -0.4 is 10.1 Å². The first kappa shape index (κ1) is 30.3. The fourth-order valence-corrected chi connectivity index (χ4v) is 7.89. The van der Waals surface area contributed by atoms with Crippen molar-refractivity contribution in [1.82, 2.24) is 20.0 Å². The standard InChI is InChI=1S/C33H37BrN4O6/c1-19(39)36-15-13-20(17-36)44-28-12-11-26(34)25-14-16-37(31(41)22-8-4-3-7-21(22)30(40)35-2)27(29(25)28)18-38-32(42)23-9-5-6-10-24(23)33(38)43/h5-6,9-12,20-22,27H,3-4,7-8,13-18H2,1-2H3,(H,35,40)/t20?,21-,22+,27+/m0/s1. The number of nitrogens with one attached hydrogen (secondary N) is 1. The van der Waals surface area contributed by atoms with Gasteiger partial charge in [-0.15, -0.1) is 0 Å². The lowest BCUT2D eigenvalue weighted by Gasteiger charge is -2.43. The number of nitrogens with zero attached hydrogens (tertiary/aromatic N) is 3. The number of hydrogen-bond acceptors (Lipinski definition) is 6. The van der Waals surface area contributed by atoms with E-state index in [1.165, 1.54) is 4.90 Å². The van der Waals surface area contributed by atoms with Gasteiger partial charge in [0.15, 0.2) is 0 Å². The molecule has 1 N–H and O–H groups in total. The number of carbonyl (C=O) groups excluding carboxylic acids is 5. The molecule has 0 radical (unpaired) electrons. The van der Waals surface area contributed by atoms with E-state index in [1.54, 1.807) is 48.0 Å². The molecule has 1 saturated heterocycles. The lowest BCUT2D eigenvalue weighted by Crippen LogP contribution is -2.51. The number of ether oxygens (including phenoxy) is 1. The molecule has 3 aliphatic heterocycles. The van der Waals surface area contributed by atoms with Crippen LogP contribution in [0.1, 0.15) is 76.9 Å². The van der Waals surface area contributed by atoms with E-state index >= 15 is 0 Å². The SMILES string of the molecule is CNC(=O)[C@H]1CCCC[C@H]1C(=O)N1CCc2c(Br)ccc(OC3CCN(C(C)=O)C3)c2[C@H]1CN1C(=O)c2ccccc2C1=O. The molecule has 2 fully saturated rings. The Morgan fingerprint density at radius 3 is 2.27 bits per heavy atom. The molecule has 232 valence electrons. The molecule has 5 amide bonds. The molecule has 4 atom stereocenters. The summed E-state index contributed by atoms with van der Waals surface area (Å²) < 4.78 is 7.42. The van der Waals surface area contributed by atoms with Crippen LogP contribution in [0.15, 0.2) is 40.9 Å². The van der Waals surface area contributed by atoms with Crippen LogP contribution in [-0.2, 0) is 20.8 Å². The van der Waals surface area contributed by atoms with Gasteiger partial charge < -0.3 is 19.9 Å². The predicted molar refractivity (Wildman–Crippen MR) is 165 cm³/mol. The van der Waals surface area contributed by atoms with Crippen molar-refractivity contribution in [2.45, 2.75) is 57.6 Å².